The molecular formula is CoCuMgNiSi. The molecule has 0 aliphatic heterocycles. The van der Waals surface area contributed by atoms with Crippen molar-refractivity contribution in [3.8, 4) is 0 Å². The van der Waals surface area contributed by atoms with Crippen molar-refractivity contribution in [3.63, 3.8) is 0 Å². The Bertz CT molecular complexity index is 11.6. The molecule has 5 heavy (non-hydrogen) atoms. The molecule has 0 aliphatic rings. The first-order chi connectivity index (χ1) is 0. The third kappa shape index (κ3) is 21.0. The van der Waals surface area contributed by atoms with E-state index in [1.54, 1.807) is 0 Å². The molecule has 0 aliphatic carbocycles. The van der Waals surface area contributed by atoms with Gasteiger partial charge in [-0.2, -0.15) is 0 Å². The van der Waals surface area contributed by atoms with Gasteiger partial charge in [-0.1, -0.05) is 0 Å². The molecule has 0 rings (SSSR count). The van der Waals surface area contributed by atoms with Crippen LogP contribution in [-0.2, 0) is 50.3 Å². The summed E-state index contributed by atoms with van der Waals surface area (Å²) in [5.41, 5.74) is 0. The first-order valence-electron chi connectivity index (χ1n) is 0. The fraction of sp³-hybridized carbons (Fsp3) is 0. The van der Waals surface area contributed by atoms with Crippen LogP contribution in [0.1, 0.15) is 0 Å². The summed E-state index contributed by atoms with van der Waals surface area (Å²) >= 11 is 0. The van der Waals surface area contributed by atoms with E-state index in [-0.39, 0.29) is 84.4 Å². The first-order valence-corrected chi connectivity index (χ1v) is 0. The zero-order valence-corrected chi connectivity index (χ0v) is 7.54. The summed E-state index contributed by atoms with van der Waals surface area (Å²) in [6, 6.07) is 0. The second kappa shape index (κ2) is 31.4. The molecule has 5 heteroatoms. The van der Waals surface area contributed by atoms with E-state index in [1.807, 2.05) is 0 Å². The minimum absolute atomic E-state index is 0. The van der Waals surface area contributed by atoms with Crippen molar-refractivity contribution in [1.82, 2.24) is 0 Å². The summed E-state index contributed by atoms with van der Waals surface area (Å²) in [5, 5.41) is 0. The average molecular weight is 234 g/mol. The van der Waals surface area contributed by atoms with Crippen LogP contribution in [0.3, 0.4) is 0 Å². The minimum Gasteiger partial charge on any atom is 0 e. The molecular weight excluding hydrogens is 234 g/mol. The van der Waals surface area contributed by atoms with Gasteiger partial charge in [0.2, 0.25) is 0 Å². The zero-order chi connectivity index (χ0) is 0. The predicted octanol–water partition coefficient (Wildman–Crippen LogP) is -0.769. The third-order valence-electron chi connectivity index (χ3n) is 0. The van der Waals surface area contributed by atoms with Gasteiger partial charge in [-0.25, -0.2) is 0 Å². The number of hydrogen-bond acceptors (Lipinski definition) is 0. The number of hydrogen-bond donors (Lipinski definition) is 0. The van der Waals surface area contributed by atoms with Gasteiger partial charge < -0.3 is 0 Å². The Morgan fingerprint density at radius 1 is 1.00 bits per heavy atom. The predicted molar refractivity (Wildman–Crippen MR) is 11.5 cm³/mol. The van der Waals surface area contributed by atoms with E-state index in [1.165, 1.54) is 0 Å². The van der Waals surface area contributed by atoms with Gasteiger partial charge >= 0.3 is 0 Å². The van der Waals surface area contributed by atoms with E-state index in [0.717, 1.165) is 0 Å². The van der Waals surface area contributed by atoms with Crippen LogP contribution in [0.2, 0.25) is 0 Å². The summed E-state index contributed by atoms with van der Waals surface area (Å²) in [7, 11) is 0. The molecule has 0 amide bonds. The van der Waals surface area contributed by atoms with E-state index in [0.29, 0.717) is 0 Å². The van der Waals surface area contributed by atoms with E-state index in [2.05, 4.69) is 0 Å². The zero-order valence-electron chi connectivity index (χ0n) is 2.16. The van der Waals surface area contributed by atoms with Crippen molar-refractivity contribution in [2.24, 2.45) is 0 Å². The molecule has 0 N–H and O–H groups in total. The Kier molecular flexibility index (Phi) is 318. The molecule has 0 atom stereocenters. The van der Waals surface area contributed by atoms with Crippen LogP contribution >= 0.6 is 0 Å². The average Bonchev–Trinajstić information content (AvgIpc) is 0. The molecule has 0 aromatic rings. The first kappa shape index (κ1) is 50.7. The fourth-order valence-corrected chi connectivity index (χ4v) is 0. The van der Waals surface area contributed by atoms with Gasteiger partial charge in [0.25, 0.3) is 0 Å². The Labute approximate surface area is 83.4 Å². The third-order valence-corrected chi connectivity index (χ3v) is 0. The van der Waals surface area contributed by atoms with Crippen molar-refractivity contribution in [2.75, 3.05) is 0 Å². The standard InChI is InChI=1S/Co.Cu.Mg.Ni.Si. The molecule has 0 unspecified atom stereocenters. The van der Waals surface area contributed by atoms with Gasteiger partial charge in [0.15, 0.2) is 0 Å². The summed E-state index contributed by atoms with van der Waals surface area (Å²) in [6.45, 7) is 0. The van der Waals surface area contributed by atoms with Crippen LogP contribution in [0.25, 0.3) is 0 Å². The van der Waals surface area contributed by atoms with Gasteiger partial charge in [0.1, 0.15) is 0 Å². The van der Waals surface area contributed by atoms with Crippen molar-refractivity contribution < 1.29 is 50.3 Å². The molecule has 0 heterocycles. The van der Waals surface area contributed by atoms with Gasteiger partial charge in [0, 0.05) is 84.4 Å². The summed E-state index contributed by atoms with van der Waals surface area (Å²) in [4.78, 5) is 0. The molecule has 0 aromatic heterocycles. The minimum atomic E-state index is 0. The molecule has 0 nitrogen and oxygen atoms in total. The molecule has 0 saturated heterocycles. The summed E-state index contributed by atoms with van der Waals surface area (Å²) < 4.78 is 0. The fourth-order valence-electron chi connectivity index (χ4n) is 0. The molecule has 8 radical (unpaired) electrons. The maximum Gasteiger partial charge on any atom is 0 e. The molecule has 36 valence electrons. The van der Waals surface area contributed by atoms with E-state index in [9.17, 15) is 0 Å². The molecule has 0 saturated carbocycles. The van der Waals surface area contributed by atoms with Gasteiger partial charge in [-0.05, 0) is 0 Å². The van der Waals surface area contributed by atoms with Crippen LogP contribution in [-0.4, -0.2) is 34.0 Å². The van der Waals surface area contributed by atoms with Crippen LogP contribution in [0.4, 0.5) is 0 Å². The van der Waals surface area contributed by atoms with Crippen molar-refractivity contribution in [1.29, 1.82) is 0 Å². The molecule has 0 aromatic carbocycles. The second-order valence-corrected chi connectivity index (χ2v) is 0. The largest absolute Gasteiger partial charge is 0 e. The van der Waals surface area contributed by atoms with Crippen molar-refractivity contribution >= 4 is 34.0 Å². The quantitative estimate of drug-likeness (QED) is 0.482. The Morgan fingerprint density at radius 2 is 1.00 bits per heavy atom. The van der Waals surface area contributed by atoms with Crippen LogP contribution in [0.5, 0.6) is 0 Å². The maximum absolute atomic E-state index is 0. The monoisotopic (exact) mass is 232 g/mol. The topological polar surface area (TPSA) is 0 Å². The molecule has 0 fully saturated rings. The Morgan fingerprint density at radius 3 is 1.00 bits per heavy atom. The Balaban J connectivity index is 0. The summed E-state index contributed by atoms with van der Waals surface area (Å²) in [6.07, 6.45) is 0. The van der Waals surface area contributed by atoms with Crippen LogP contribution in [0, 0.1) is 0 Å². The Hall–Kier alpha value is 2.50. The van der Waals surface area contributed by atoms with Crippen molar-refractivity contribution in [3.05, 3.63) is 0 Å². The SMILES string of the molecule is [Co].[Cu].[Mg].[Ni].[Si]. The molecule has 0 spiro atoms. The normalized spacial score (nSPS) is 0. The second-order valence-electron chi connectivity index (χ2n) is 0. The van der Waals surface area contributed by atoms with Gasteiger partial charge in [-0.3, -0.25) is 0 Å². The van der Waals surface area contributed by atoms with Crippen LogP contribution < -0.4 is 0 Å². The molecule has 0 bridgehead atoms. The van der Waals surface area contributed by atoms with E-state index in [4.69, 9.17) is 0 Å². The van der Waals surface area contributed by atoms with E-state index < -0.39 is 0 Å². The van der Waals surface area contributed by atoms with Crippen LogP contribution in [0.15, 0.2) is 0 Å². The summed E-state index contributed by atoms with van der Waals surface area (Å²) in [5.74, 6) is 0. The smallest absolute Gasteiger partial charge is 0 e. The number of rotatable bonds is 0. The van der Waals surface area contributed by atoms with Gasteiger partial charge in [-0.15, -0.1) is 0 Å². The maximum atomic E-state index is 0. The van der Waals surface area contributed by atoms with Gasteiger partial charge in [0.05, 0.1) is 0 Å². The van der Waals surface area contributed by atoms with Crippen molar-refractivity contribution in [2.45, 2.75) is 0 Å². The van der Waals surface area contributed by atoms with E-state index >= 15 is 0 Å².